The van der Waals surface area contributed by atoms with Crippen molar-refractivity contribution in [2.75, 3.05) is 13.1 Å². The number of ether oxygens (including phenoxy) is 1. The zero-order valence-corrected chi connectivity index (χ0v) is 15.7. The van der Waals surface area contributed by atoms with Crippen molar-refractivity contribution in [3.63, 3.8) is 0 Å². The number of para-hydroxylation sites is 1. The average molecular weight is 375 g/mol. The summed E-state index contributed by atoms with van der Waals surface area (Å²) in [5.74, 6) is -0.666. The van der Waals surface area contributed by atoms with Gasteiger partial charge in [0.15, 0.2) is 6.10 Å². The lowest BCUT2D eigenvalue weighted by Gasteiger charge is -2.20. The van der Waals surface area contributed by atoms with Gasteiger partial charge in [-0.25, -0.2) is 9.78 Å². The van der Waals surface area contributed by atoms with Crippen LogP contribution in [0.2, 0.25) is 0 Å². The van der Waals surface area contributed by atoms with Gasteiger partial charge >= 0.3 is 5.97 Å². The first kappa shape index (κ1) is 18.1. The average Bonchev–Trinajstić information content (AvgIpc) is 3.27. The highest BCUT2D eigenvalue weighted by atomic mass is 16.5. The molecule has 1 saturated heterocycles. The molecule has 6 heteroatoms. The van der Waals surface area contributed by atoms with E-state index in [9.17, 15) is 9.59 Å². The number of fused-ring (bicyclic) bond motifs is 1. The number of likely N-dealkylation sites (tertiary alicyclic amines) is 1. The van der Waals surface area contributed by atoms with Crippen LogP contribution in [0.3, 0.4) is 0 Å². The number of pyridine rings is 2. The molecule has 4 rings (SSSR count). The van der Waals surface area contributed by atoms with Crippen molar-refractivity contribution in [1.29, 1.82) is 0 Å². The first-order valence-corrected chi connectivity index (χ1v) is 9.43. The van der Waals surface area contributed by atoms with Crippen LogP contribution in [-0.4, -0.2) is 45.9 Å². The van der Waals surface area contributed by atoms with E-state index < -0.39 is 12.1 Å². The molecule has 0 spiro atoms. The summed E-state index contributed by atoms with van der Waals surface area (Å²) >= 11 is 0. The molecule has 28 heavy (non-hydrogen) atoms. The zero-order chi connectivity index (χ0) is 19.5. The predicted octanol–water partition coefficient (Wildman–Crippen LogP) is 3.46. The normalized spacial score (nSPS) is 14.8. The van der Waals surface area contributed by atoms with Gasteiger partial charge in [-0.1, -0.05) is 18.2 Å². The maximum atomic E-state index is 12.9. The van der Waals surface area contributed by atoms with Crippen LogP contribution in [0.15, 0.2) is 54.9 Å². The number of esters is 1. The minimum absolute atomic E-state index is 0.142. The lowest BCUT2D eigenvalue weighted by Crippen LogP contribution is -2.38. The van der Waals surface area contributed by atoms with Crippen LogP contribution < -0.4 is 0 Å². The van der Waals surface area contributed by atoms with Gasteiger partial charge in [0.2, 0.25) is 0 Å². The zero-order valence-electron chi connectivity index (χ0n) is 15.7. The Kier molecular flexibility index (Phi) is 5.02. The number of hydrogen-bond acceptors (Lipinski definition) is 5. The van der Waals surface area contributed by atoms with E-state index in [2.05, 4.69) is 9.97 Å². The molecule has 0 radical (unpaired) electrons. The van der Waals surface area contributed by atoms with Gasteiger partial charge in [0.05, 0.1) is 16.8 Å². The van der Waals surface area contributed by atoms with E-state index >= 15 is 0 Å². The van der Waals surface area contributed by atoms with E-state index in [4.69, 9.17) is 4.74 Å². The SMILES string of the molecule is C[C@@H](OC(=O)c1cc(-c2cccnc2)nc2ccccc12)C(=O)N1CCCC1. The van der Waals surface area contributed by atoms with Gasteiger partial charge in [0.25, 0.3) is 5.91 Å². The van der Waals surface area contributed by atoms with Crippen LogP contribution in [0.1, 0.15) is 30.1 Å². The lowest BCUT2D eigenvalue weighted by molar-refractivity contribution is -0.138. The summed E-state index contributed by atoms with van der Waals surface area (Å²) in [5, 5.41) is 0.695. The number of benzene rings is 1. The van der Waals surface area contributed by atoms with E-state index in [1.54, 1.807) is 30.3 Å². The second-order valence-electron chi connectivity index (χ2n) is 6.89. The molecule has 1 fully saturated rings. The Balaban J connectivity index is 1.66. The molecule has 0 saturated carbocycles. The van der Waals surface area contributed by atoms with Crippen molar-refractivity contribution >= 4 is 22.8 Å². The number of aromatic nitrogens is 2. The van der Waals surface area contributed by atoms with Crippen molar-refractivity contribution < 1.29 is 14.3 Å². The largest absolute Gasteiger partial charge is 0.449 e. The fraction of sp³-hybridized carbons (Fsp3) is 0.273. The van der Waals surface area contributed by atoms with Crippen molar-refractivity contribution in [2.24, 2.45) is 0 Å². The Labute approximate surface area is 163 Å². The minimum Gasteiger partial charge on any atom is -0.449 e. The van der Waals surface area contributed by atoms with Crippen molar-refractivity contribution in [1.82, 2.24) is 14.9 Å². The fourth-order valence-corrected chi connectivity index (χ4v) is 3.48. The third-order valence-corrected chi connectivity index (χ3v) is 4.94. The number of amides is 1. The first-order valence-electron chi connectivity index (χ1n) is 9.43. The van der Waals surface area contributed by atoms with E-state index in [0.29, 0.717) is 22.2 Å². The number of nitrogens with zero attached hydrogens (tertiary/aromatic N) is 3. The smallest absolute Gasteiger partial charge is 0.339 e. The summed E-state index contributed by atoms with van der Waals surface area (Å²) in [4.78, 5) is 35.9. The van der Waals surface area contributed by atoms with Crippen LogP contribution in [0.25, 0.3) is 22.2 Å². The highest BCUT2D eigenvalue weighted by Gasteiger charge is 2.27. The summed E-state index contributed by atoms with van der Waals surface area (Å²) in [6.07, 6.45) is 4.56. The summed E-state index contributed by atoms with van der Waals surface area (Å²) in [7, 11) is 0. The minimum atomic E-state index is -0.820. The van der Waals surface area contributed by atoms with Gasteiger partial charge in [-0.2, -0.15) is 0 Å². The molecule has 1 aliphatic rings. The summed E-state index contributed by atoms with van der Waals surface area (Å²) < 4.78 is 5.54. The van der Waals surface area contributed by atoms with Crippen LogP contribution in [0, 0.1) is 0 Å². The number of carbonyl (C=O) groups excluding carboxylic acids is 2. The molecule has 2 aromatic heterocycles. The Morgan fingerprint density at radius 2 is 1.89 bits per heavy atom. The van der Waals surface area contributed by atoms with Crippen LogP contribution in [0.5, 0.6) is 0 Å². The first-order chi connectivity index (χ1) is 13.6. The molecule has 0 N–H and O–H groups in total. The summed E-state index contributed by atoms with van der Waals surface area (Å²) in [5.41, 5.74) is 2.53. The number of rotatable bonds is 4. The van der Waals surface area contributed by atoms with Gasteiger partial charge < -0.3 is 9.64 Å². The maximum Gasteiger partial charge on any atom is 0.339 e. The molecule has 1 aliphatic heterocycles. The standard InChI is InChI=1S/C22H21N3O3/c1-15(21(26)25-11-4-5-12-25)28-22(27)18-13-20(16-7-6-10-23-14-16)24-19-9-3-2-8-17(18)19/h2-3,6-10,13-15H,4-5,11-12H2,1H3/t15-/m1/s1. The van der Waals surface area contributed by atoms with Crippen LogP contribution in [0.4, 0.5) is 0 Å². The molecule has 0 aliphatic carbocycles. The summed E-state index contributed by atoms with van der Waals surface area (Å²) in [6.45, 7) is 3.08. The van der Waals surface area contributed by atoms with E-state index in [-0.39, 0.29) is 5.91 Å². The van der Waals surface area contributed by atoms with Crippen LogP contribution >= 0.6 is 0 Å². The van der Waals surface area contributed by atoms with Gasteiger partial charge in [0, 0.05) is 36.4 Å². The Morgan fingerprint density at radius 3 is 2.64 bits per heavy atom. The van der Waals surface area contributed by atoms with Gasteiger partial charge in [0.1, 0.15) is 0 Å². The Hall–Kier alpha value is -3.28. The molecule has 142 valence electrons. The molecule has 1 atom stereocenters. The summed E-state index contributed by atoms with van der Waals surface area (Å²) in [6, 6.07) is 12.8. The quantitative estimate of drug-likeness (QED) is 0.653. The van der Waals surface area contributed by atoms with Crippen molar-refractivity contribution in [3.8, 4) is 11.3 Å². The van der Waals surface area contributed by atoms with E-state index in [1.165, 1.54) is 0 Å². The fourth-order valence-electron chi connectivity index (χ4n) is 3.48. The molecule has 0 unspecified atom stereocenters. The third kappa shape index (κ3) is 3.58. The number of hydrogen-bond donors (Lipinski definition) is 0. The van der Waals surface area contributed by atoms with Gasteiger partial charge in [-0.05, 0) is 44.0 Å². The molecule has 1 aromatic carbocycles. The molecule has 6 nitrogen and oxygen atoms in total. The van der Waals surface area contributed by atoms with Crippen molar-refractivity contribution in [3.05, 3.63) is 60.4 Å². The lowest BCUT2D eigenvalue weighted by atomic mass is 10.0. The van der Waals surface area contributed by atoms with Gasteiger partial charge in [-0.3, -0.25) is 9.78 Å². The predicted molar refractivity (Wildman–Crippen MR) is 106 cm³/mol. The molecule has 1 amide bonds. The van der Waals surface area contributed by atoms with Gasteiger partial charge in [-0.15, -0.1) is 0 Å². The topological polar surface area (TPSA) is 72.4 Å². The Morgan fingerprint density at radius 1 is 1.11 bits per heavy atom. The molecule has 3 aromatic rings. The molecular formula is C22H21N3O3. The monoisotopic (exact) mass is 375 g/mol. The van der Waals surface area contributed by atoms with Crippen LogP contribution in [-0.2, 0) is 9.53 Å². The van der Waals surface area contributed by atoms with E-state index in [0.717, 1.165) is 31.5 Å². The number of carbonyl (C=O) groups is 2. The molecule has 0 bridgehead atoms. The Bertz CT molecular complexity index is 1010. The highest BCUT2D eigenvalue weighted by Crippen LogP contribution is 2.25. The highest BCUT2D eigenvalue weighted by molar-refractivity contribution is 6.05. The third-order valence-electron chi connectivity index (χ3n) is 4.94. The maximum absolute atomic E-state index is 12.9. The van der Waals surface area contributed by atoms with Crippen molar-refractivity contribution in [2.45, 2.75) is 25.9 Å². The second-order valence-corrected chi connectivity index (χ2v) is 6.89. The molecule has 3 heterocycles. The molecular weight excluding hydrogens is 354 g/mol. The second kappa shape index (κ2) is 7.76. The van der Waals surface area contributed by atoms with E-state index in [1.807, 2.05) is 36.4 Å².